The second-order valence-corrected chi connectivity index (χ2v) is 7.20. The Morgan fingerprint density at radius 1 is 1.36 bits per heavy atom. The summed E-state index contributed by atoms with van der Waals surface area (Å²) < 4.78 is 1.66. The molecule has 0 bridgehead atoms. The molecule has 3 N–H and O–H groups in total. The number of carbonyl (C=O) groups excluding carboxylic acids is 1. The van der Waals surface area contributed by atoms with Gasteiger partial charge in [0.05, 0.1) is 11.3 Å². The number of aromatic nitrogens is 3. The number of nitrogens with one attached hydrogen (secondary N) is 2. The number of aliphatic hydroxyl groups is 1. The summed E-state index contributed by atoms with van der Waals surface area (Å²) in [5.41, 5.74) is 2.14. The molecule has 3 rings (SSSR count). The van der Waals surface area contributed by atoms with Gasteiger partial charge < -0.3 is 15.4 Å². The minimum Gasteiger partial charge on any atom is -0.388 e. The number of carbonyl (C=O) groups is 1. The average molecular weight is 346 g/mol. The van der Waals surface area contributed by atoms with Crippen molar-refractivity contribution in [1.82, 2.24) is 20.1 Å². The summed E-state index contributed by atoms with van der Waals surface area (Å²) in [5.74, 6) is -0.137. The summed E-state index contributed by atoms with van der Waals surface area (Å²) in [4.78, 5) is 27.4. The van der Waals surface area contributed by atoms with Crippen LogP contribution in [0.3, 0.4) is 0 Å². The molecule has 0 aliphatic heterocycles. The fourth-order valence-electron chi connectivity index (χ4n) is 3.86. The van der Waals surface area contributed by atoms with E-state index in [9.17, 15) is 14.7 Å². The summed E-state index contributed by atoms with van der Waals surface area (Å²) in [6, 6.07) is 0. The van der Waals surface area contributed by atoms with E-state index in [1.807, 2.05) is 13.8 Å². The zero-order chi connectivity index (χ0) is 18.2. The molecule has 136 valence electrons. The first-order valence-electron chi connectivity index (χ1n) is 8.85. The molecule has 0 radical (unpaired) electrons. The van der Waals surface area contributed by atoms with Gasteiger partial charge in [0.15, 0.2) is 0 Å². The lowest BCUT2D eigenvalue weighted by atomic mass is 10.0. The largest absolute Gasteiger partial charge is 0.388 e. The number of rotatable bonds is 5. The molecule has 1 fully saturated rings. The van der Waals surface area contributed by atoms with Crippen molar-refractivity contribution < 1.29 is 9.90 Å². The van der Waals surface area contributed by atoms with Crippen molar-refractivity contribution in [3.05, 3.63) is 27.2 Å². The van der Waals surface area contributed by atoms with Gasteiger partial charge in [-0.25, -0.2) is 0 Å². The number of H-pyrrole nitrogens is 1. The first-order chi connectivity index (χ1) is 11.8. The van der Waals surface area contributed by atoms with Crippen molar-refractivity contribution in [1.29, 1.82) is 0 Å². The van der Waals surface area contributed by atoms with Gasteiger partial charge in [-0.2, -0.15) is 5.10 Å². The third-order valence-electron chi connectivity index (χ3n) is 5.31. The molecule has 2 aromatic rings. The Bertz CT molecular complexity index is 859. The highest BCUT2D eigenvalue weighted by molar-refractivity contribution is 5.83. The fraction of sp³-hybridized carbons (Fsp3) is 0.611. The first-order valence-corrected chi connectivity index (χ1v) is 8.85. The predicted molar refractivity (Wildman–Crippen MR) is 95.6 cm³/mol. The lowest BCUT2D eigenvalue weighted by molar-refractivity contribution is -0.122. The van der Waals surface area contributed by atoms with E-state index in [1.54, 1.807) is 11.7 Å². The van der Waals surface area contributed by atoms with Crippen molar-refractivity contribution >= 4 is 16.9 Å². The van der Waals surface area contributed by atoms with E-state index in [-0.39, 0.29) is 17.9 Å². The zero-order valence-electron chi connectivity index (χ0n) is 15.1. The average Bonchev–Trinajstić information content (AvgIpc) is 3.10. The van der Waals surface area contributed by atoms with Crippen LogP contribution in [0, 0.1) is 13.8 Å². The van der Waals surface area contributed by atoms with E-state index in [4.69, 9.17) is 0 Å². The van der Waals surface area contributed by atoms with E-state index >= 15 is 0 Å². The van der Waals surface area contributed by atoms with Crippen LogP contribution < -0.4 is 10.9 Å². The standard InChI is InChI=1S/C18H26N4O3/c1-11-13(17(24)20-16-15(11)12(2)21-22(16)3)6-7-14(23)19-10-18(25)8-4-5-9-18/h25H,4-10H2,1-3H3,(H,19,23)(H,20,24). The maximum atomic E-state index is 12.4. The van der Waals surface area contributed by atoms with Crippen LogP contribution in [0.15, 0.2) is 4.79 Å². The number of aryl methyl sites for hydroxylation is 3. The van der Waals surface area contributed by atoms with Crippen LogP contribution in [0.1, 0.15) is 48.9 Å². The quantitative estimate of drug-likeness (QED) is 0.758. The molecule has 7 nitrogen and oxygen atoms in total. The summed E-state index contributed by atoms with van der Waals surface area (Å²) in [7, 11) is 1.80. The highest BCUT2D eigenvalue weighted by Crippen LogP contribution is 2.28. The number of hydrogen-bond donors (Lipinski definition) is 3. The zero-order valence-corrected chi connectivity index (χ0v) is 15.1. The number of fused-ring (bicyclic) bond motifs is 1. The first kappa shape index (κ1) is 17.7. The van der Waals surface area contributed by atoms with Gasteiger partial charge in [-0.05, 0) is 38.7 Å². The van der Waals surface area contributed by atoms with Crippen molar-refractivity contribution in [3.8, 4) is 0 Å². The Kier molecular flexibility index (Phi) is 4.69. The van der Waals surface area contributed by atoms with Crippen LogP contribution in [0.5, 0.6) is 0 Å². The summed E-state index contributed by atoms with van der Waals surface area (Å²) >= 11 is 0. The van der Waals surface area contributed by atoms with Crippen LogP contribution in [0.4, 0.5) is 0 Å². The molecule has 0 atom stereocenters. The molecule has 2 aromatic heterocycles. The monoisotopic (exact) mass is 346 g/mol. The molecular weight excluding hydrogens is 320 g/mol. The number of hydrogen-bond acceptors (Lipinski definition) is 4. The second kappa shape index (κ2) is 6.63. The Balaban J connectivity index is 1.69. The molecule has 25 heavy (non-hydrogen) atoms. The lowest BCUT2D eigenvalue weighted by Crippen LogP contribution is -2.40. The van der Waals surface area contributed by atoms with Gasteiger partial charge in [0.1, 0.15) is 5.65 Å². The topological polar surface area (TPSA) is 100 Å². The van der Waals surface area contributed by atoms with Crippen LogP contribution >= 0.6 is 0 Å². The van der Waals surface area contributed by atoms with Crippen molar-refractivity contribution in [2.24, 2.45) is 7.05 Å². The van der Waals surface area contributed by atoms with Crippen molar-refractivity contribution in [2.75, 3.05) is 6.54 Å². The Hall–Kier alpha value is -2.15. The third kappa shape index (κ3) is 3.46. The van der Waals surface area contributed by atoms with Gasteiger partial charge in [0.25, 0.3) is 5.56 Å². The molecule has 0 saturated heterocycles. The minimum absolute atomic E-state index is 0.137. The van der Waals surface area contributed by atoms with E-state index in [0.29, 0.717) is 24.2 Å². The molecule has 1 saturated carbocycles. The molecule has 0 spiro atoms. The number of nitrogens with zero attached hydrogens (tertiary/aromatic N) is 2. The maximum absolute atomic E-state index is 12.4. The Morgan fingerprint density at radius 3 is 2.72 bits per heavy atom. The minimum atomic E-state index is -0.755. The summed E-state index contributed by atoms with van der Waals surface area (Å²) in [5, 5.41) is 18.4. The molecular formula is C18H26N4O3. The van der Waals surface area contributed by atoms with Crippen molar-refractivity contribution in [3.63, 3.8) is 0 Å². The predicted octanol–water partition coefficient (Wildman–Crippen LogP) is 1.23. The van der Waals surface area contributed by atoms with Crippen LogP contribution in [0.25, 0.3) is 11.0 Å². The van der Waals surface area contributed by atoms with E-state index in [0.717, 1.165) is 42.3 Å². The number of aromatic amines is 1. The lowest BCUT2D eigenvalue weighted by Gasteiger charge is -2.22. The summed E-state index contributed by atoms with van der Waals surface area (Å²) in [6.45, 7) is 4.11. The van der Waals surface area contributed by atoms with Gasteiger partial charge in [0.2, 0.25) is 5.91 Å². The van der Waals surface area contributed by atoms with E-state index < -0.39 is 5.60 Å². The van der Waals surface area contributed by atoms with E-state index in [2.05, 4.69) is 15.4 Å². The number of pyridine rings is 1. The van der Waals surface area contributed by atoms with E-state index in [1.165, 1.54) is 0 Å². The SMILES string of the molecule is Cc1nn(C)c2[nH]c(=O)c(CCC(=O)NCC3(O)CCCC3)c(C)c12. The molecule has 7 heteroatoms. The Morgan fingerprint density at radius 2 is 2.04 bits per heavy atom. The maximum Gasteiger partial charge on any atom is 0.253 e. The molecule has 1 amide bonds. The Labute approximate surface area is 146 Å². The molecule has 1 aliphatic rings. The molecule has 0 unspecified atom stereocenters. The van der Waals surface area contributed by atoms with Gasteiger partial charge in [-0.3, -0.25) is 14.3 Å². The fourth-order valence-corrected chi connectivity index (χ4v) is 3.86. The normalized spacial score (nSPS) is 16.5. The highest BCUT2D eigenvalue weighted by atomic mass is 16.3. The van der Waals surface area contributed by atoms with Crippen LogP contribution in [-0.2, 0) is 18.3 Å². The second-order valence-electron chi connectivity index (χ2n) is 7.20. The third-order valence-corrected chi connectivity index (χ3v) is 5.31. The molecule has 2 heterocycles. The van der Waals surface area contributed by atoms with Crippen molar-refractivity contribution in [2.45, 2.75) is 58.0 Å². The van der Waals surface area contributed by atoms with Gasteiger partial charge in [0, 0.05) is 31.0 Å². The summed E-state index contributed by atoms with van der Waals surface area (Å²) in [6.07, 6.45) is 4.09. The molecule has 0 aromatic carbocycles. The van der Waals surface area contributed by atoms with Crippen LogP contribution in [-0.4, -0.2) is 37.9 Å². The smallest absolute Gasteiger partial charge is 0.253 e. The highest BCUT2D eigenvalue weighted by Gasteiger charge is 2.31. The van der Waals surface area contributed by atoms with Gasteiger partial charge in [-0.15, -0.1) is 0 Å². The number of amides is 1. The van der Waals surface area contributed by atoms with Gasteiger partial charge >= 0.3 is 0 Å². The molecule has 1 aliphatic carbocycles. The van der Waals surface area contributed by atoms with Crippen LogP contribution in [0.2, 0.25) is 0 Å². The van der Waals surface area contributed by atoms with Gasteiger partial charge in [-0.1, -0.05) is 12.8 Å².